The fourth-order valence-corrected chi connectivity index (χ4v) is 1.48. The largest absolute Gasteiger partial charge is 0.0944 e. The van der Waals surface area contributed by atoms with Crippen molar-refractivity contribution in [3.63, 3.8) is 0 Å². The molecule has 0 bridgehead atoms. The molecule has 0 aliphatic heterocycles. The summed E-state index contributed by atoms with van der Waals surface area (Å²) in [4.78, 5) is 0. The highest BCUT2D eigenvalue weighted by atomic mass is 79.9. The number of hydrogen-bond acceptors (Lipinski definition) is 0. The van der Waals surface area contributed by atoms with Gasteiger partial charge >= 0.3 is 0 Å². The lowest BCUT2D eigenvalue weighted by Crippen LogP contribution is -1.91. The lowest BCUT2D eigenvalue weighted by Gasteiger charge is -2.07. The molecule has 0 aromatic rings. The Morgan fingerprint density at radius 2 is 1.91 bits per heavy atom. The Balaban J connectivity index is 4.36. The first-order valence-corrected chi connectivity index (χ1v) is 4.53. The molecule has 0 heterocycles. The molecular weight excluding hydrogens is 223 g/mol. The van der Waals surface area contributed by atoms with Crippen molar-refractivity contribution in [1.29, 1.82) is 0 Å². The van der Waals surface area contributed by atoms with Crippen LogP contribution in [0.3, 0.4) is 0 Å². The second kappa shape index (κ2) is 4.78. The van der Waals surface area contributed by atoms with Crippen molar-refractivity contribution in [3.05, 3.63) is 34.3 Å². The molecule has 0 aliphatic carbocycles. The number of allylic oxidation sites excluding steroid dienone is 4. The molecule has 0 nitrogen and oxygen atoms in total. The molecule has 0 atom stereocenters. The third-order valence-electron chi connectivity index (χ3n) is 1.29. The van der Waals surface area contributed by atoms with Gasteiger partial charge in [-0.15, -0.1) is 0 Å². The van der Waals surface area contributed by atoms with Crippen LogP contribution in [0.2, 0.25) is 0 Å². The Kier molecular flexibility index (Phi) is 4.78. The van der Waals surface area contributed by atoms with Crippen LogP contribution in [0.1, 0.15) is 13.8 Å². The number of halogens is 2. The van der Waals surface area contributed by atoms with Crippen molar-refractivity contribution >= 4 is 27.5 Å². The minimum absolute atomic E-state index is 0.427. The lowest BCUT2D eigenvalue weighted by atomic mass is 10.1. The van der Waals surface area contributed by atoms with Gasteiger partial charge in [-0.1, -0.05) is 54.5 Å². The van der Waals surface area contributed by atoms with E-state index in [4.69, 9.17) is 11.6 Å². The minimum Gasteiger partial charge on any atom is -0.0944 e. The minimum atomic E-state index is 0.427. The standard InChI is InChI=1S/C9H12BrCl/c1-6(2)8(4)9(10)5-7(3)11/h5-6H,3-4H2,1-2H3/b9-5+. The van der Waals surface area contributed by atoms with Crippen molar-refractivity contribution < 1.29 is 0 Å². The van der Waals surface area contributed by atoms with E-state index in [9.17, 15) is 0 Å². The first kappa shape index (κ1) is 11.0. The Bertz CT molecular complexity index is 202. The van der Waals surface area contributed by atoms with E-state index in [1.54, 1.807) is 6.08 Å². The first-order valence-electron chi connectivity index (χ1n) is 3.36. The SMILES string of the molecule is C=C(Cl)/C=C(/Br)C(=C)C(C)C. The lowest BCUT2D eigenvalue weighted by molar-refractivity contribution is 0.793. The molecular formula is C9H12BrCl. The molecule has 11 heavy (non-hydrogen) atoms. The van der Waals surface area contributed by atoms with Crippen LogP contribution in [0.15, 0.2) is 34.3 Å². The summed E-state index contributed by atoms with van der Waals surface area (Å²) in [7, 11) is 0. The summed E-state index contributed by atoms with van der Waals surface area (Å²) in [5.41, 5.74) is 1.03. The van der Waals surface area contributed by atoms with Gasteiger partial charge in [-0.05, 0) is 17.6 Å². The van der Waals surface area contributed by atoms with Gasteiger partial charge in [0.25, 0.3) is 0 Å². The molecule has 0 unspecified atom stereocenters. The number of hydrogen-bond donors (Lipinski definition) is 0. The normalized spacial score (nSPS) is 11.9. The fraction of sp³-hybridized carbons (Fsp3) is 0.333. The molecule has 0 rings (SSSR count). The summed E-state index contributed by atoms with van der Waals surface area (Å²) in [5, 5.41) is 0.513. The van der Waals surface area contributed by atoms with Gasteiger partial charge in [0.2, 0.25) is 0 Å². The van der Waals surface area contributed by atoms with Crippen molar-refractivity contribution in [2.24, 2.45) is 5.92 Å². The third-order valence-corrected chi connectivity index (χ3v) is 2.13. The molecule has 0 fully saturated rings. The molecule has 0 spiro atoms. The Morgan fingerprint density at radius 3 is 2.18 bits per heavy atom. The van der Waals surface area contributed by atoms with E-state index in [0.29, 0.717) is 11.0 Å². The van der Waals surface area contributed by atoms with E-state index in [0.717, 1.165) is 10.1 Å². The summed E-state index contributed by atoms with van der Waals surface area (Å²) in [6, 6.07) is 0. The van der Waals surface area contributed by atoms with Crippen LogP contribution in [0.5, 0.6) is 0 Å². The molecule has 0 radical (unpaired) electrons. The van der Waals surface area contributed by atoms with Gasteiger partial charge < -0.3 is 0 Å². The second-order valence-electron chi connectivity index (χ2n) is 2.62. The van der Waals surface area contributed by atoms with Crippen LogP contribution < -0.4 is 0 Å². The van der Waals surface area contributed by atoms with Crippen LogP contribution >= 0.6 is 27.5 Å². The molecule has 0 N–H and O–H groups in total. The van der Waals surface area contributed by atoms with Gasteiger partial charge in [-0.3, -0.25) is 0 Å². The molecule has 2 heteroatoms. The van der Waals surface area contributed by atoms with Crippen molar-refractivity contribution in [3.8, 4) is 0 Å². The third kappa shape index (κ3) is 4.44. The molecule has 62 valence electrons. The zero-order valence-electron chi connectivity index (χ0n) is 6.82. The molecule has 0 aromatic heterocycles. The summed E-state index contributed by atoms with van der Waals surface area (Å²) in [6.45, 7) is 11.6. The Hall–Kier alpha value is -0.0100. The molecule has 0 saturated heterocycles. The molecule has 0 saturated carbocycles. The predicted molar refractivity (Wildman–Crippen MR) is 56.0 cm³/mol. The van der Waals surface area contributed by atoms with E-state index >= 15 is 0 Å². The van der Waals surface area contributed by atoms with Crippen LogP contribution in [0.4, 0.5) is 0 Å². The zero-order valence-corrected chi connectivity index (χ0v) is 9.17. The Labute approximate surface area is 81.8 Å². The topological polar surface area (TPSA) is 0 Å². The highest BCUT2D eigenvalue weighted by Crippen LogP contribution is 2.24. The maximum absolute atomic E-state index is 5.58. The van der Waals surface area contributed by atoms with Crippen molar-refractivity contribution in [2.45, 2.75) is 13.8 Å². The molecule has 0 amide bonds. The van der Waals surface area contributed by atoms with E-state index in [2.05, 4.69) is 42.9 Å². The van der Waals surface area contributed by atoms with Gasteiger partial charge in [-0.25, -0.2) is 0 Å². The van der Waals surface area contributed by atoms with Gasteiger partial charge in [0, 0.05) is 9.51 Å². The van der Waals surface area contributed by atoms with E-state index in [1.165, 1.54) is 0 Å². The first-order chi connectivity index (χ1) is 4.95. The van der Waals surface area contributed by atoms with Crippen LogP contribution in [-0.2, 0) is 0 Å². The van der Waals surface area contributed by atoms with Gasteiger partial charge in [-0.2, -0.15) is 0 Å². The highest BCUT2D eigenvalue weighted by molar-refractivity contribution is 9.12. The highest BCUT2D eigenvalue weighted by Gasteiger charge is 2.02. The van der Waals surface area contributed by atoms with Crippen molar-refractivity contribution in [1.82, 2.24) is 0 Å². The van der Waals surface area contributed by atoms with E-state index in [-0.39, 0.29) is 0 Å². The number of rotatable bonds is 3. The van der Waals surface area contributed by atoms with Gasteiger partial charge in [0.15, 0.2) is 0 Å². The smallest absolute Gasteiger partial charge is 0.0345 e. The monoisotopic (exact) mass is 234 g/mol. The van der Waals surface area contributed by atoms with Crippen LogP contribution in [0, 0.1) is 5.92 Å². The maximum Gasteiger partial charge on any atom is 0.0345 e. The van der Waals surface area contributed by atoms with Crippen molar-refractivity contribution in [2.75, 3.05) is 0 Å². The summed E-state index contributed by atoms with van der Waals surface area (Å²) < 4.78 is 0.924. The van der Waals surface area contributed by atoms with Crippen LogP contribution in [0.25, 0.3) is 0 Å². The van der Waals surface area contributed by atoms with Gasteiger partial charge in [0.1, 0.15) is 0 Å². The summed E-state index contributed by atoms with van der Waals surface area (Å²) in [5.74, 6) is 0.427. The van der Waals surface area contributed by atoms with E-state index < -0.39 is 0 Å². The molecule has 0 aromatic carbocycles. The van der Waals surface area contributed by atoms with Crippen LogP contribution in [-0.4, -0.2) is 0 Å². The average molecular weight is 236 g/mol. The molecule has 0 aliphatic rings. The zero-order chi connectivity index (χ0) is 9.02. The quantitative estimate of drug-likeness (QED) is 0.642. The summed E-state index contributed by atoms with van der Waals surface area (Å²) >= 11 is 8.94. The second-order valence-corrected chi connectivity index (χ2v) is 3.96. The maximum atomic E-state index is 5.58. The Morgan fingerprint density at radius 1 is 1.45 bits per heavy atom. The summed E-state index contributed by atoms with van der Waals surface area (Å²) in [6.07, 6.45) is 1.75. The van der Waals surface area contributed by atoms with E-state index in [1.807, 2.05) is 0 Å². The average Bonchev–Trinajstić information content (AvgIpc) is 1.84. The fourth-order valence-electron chi connectivity index (χ4n) is 0.506. The predicted octanol–water partition coefficient (Wildman–Crippen LogP) is 4.23. The van der Waals surface area contributed by atoms with Gasteiger partial charge in [0.05, 0.1) is 0 Å².